The van der Waals surface area contributed by atoms with Crippen LogP contribution in [0.3, 0.4) is 0 Å². The summed E-state index contributed by atoms with van der Waals surface area (Å²) < 4.78 is 12.6. The lowest BCUT2D eigenvalue weighted by Gasteiger charge is -2.63. The Bertz CT molecular complexity index is 1900. The number of amides is 3. The van der Waals surface area contributed by atoms with Gasteiger partial charge in [-0.2, -0.15) is 0 Å². The molecule has 1 saturated carbocycles. The number of carbonyl (C=O) groups excluding carboxylic acids is 3. The first-order valence-electron chi connectivity index (χ1n) is 20.9. The van der Waals surface area contributed by atoms with Gasteiger partial charge in [0.1, 0.15) is 29.7 Å². The summed E-state index contributed by atoms with van der Waals surface area (Å²) in [5.41, 5.74) is 1.71. The number of nitrogens with one attached hydrogen (secondary N) is 3. The summed E-state index contributed by atoms with van der Waals surface area (Å²) in [6.07, 6.45) is 12.8. The van der Waals surface area contributed by atoms with E-state index in [1.54, 1.807) is 11.8 Å². The van der Waals surface area contributed by atoms with Crippen molar-refractivity contribution in [3.63, 3.8) is 0 Å². The van der Waals surface area contributed by atoms with Gasteiger partial charge < -0.3 is 35.4 Å². The normalized spacial score (nSPS) is 29.4. The number of piperidine rings is 1. The number of rotatable bonds is 13. The van der Waals surface area contributed by atoms with Crippen LogP contribution in [0, 0.1) is 23.7 Å². The van der Waals surface area contributed by atoms with Gasteiger partial charge in [0, 0.05) is 60.7 Å². The van der Waals surface area contributed by atoms with Gasteiger partial charge in [0.2, 0.25) is 11.8 Å². The summed E-state index contributed by atoms with van der Waals surface area (Å²) >= 11 is 6.36. The number of fused-ring (bicyclic) bond motifs is 1. The van der Waals surface area contributed by atoms with Crippen LogP contribution in [0.2, 0.25) is 5.02 Å². The van der Waals surface area contributed by atoms with Crippen LogP contribution < -0.4 is 20.7 Å². The van der Waals surface area contributed by atoms with E-state index in [9.17, 15) is 19.5 Å². The highest BCUT2D eigenvalue weighted by molar-refractivity contribution is 6.31. The molecule has 0 radical (unpaired) electrons. The van der Waals surface area contributed by atoms with E-state index < -0.39 is 18.2 Å². The Hall–Kier alpha value is -4.17. The lowest BCUT2D eigenvalue weighted by molar-refractivity contribution is -0.172. The Balaban J connectivity index is 0.801. The van der Waals surface area contributed by atoms with Crippen molar-refractivity contribution in [2.45, 2.75) is 111 Å². The maximum atomic E-state index is 13.6. The summed E-state index contributed by atoms with van der Waals surface area (Å²) in [6, 6.07) is 5.18. The van der Waals surface area contributed by atoms with Gasteiger partial charge in [-0.15, -0.1) is 0 Å². The molecule has 4 unspecified atom stereocenters. The number of aliphatic imine (C=N–C) groups is 1. The van der Waals surface area contributed by atoms with Crippen LogP contribution in [-0.4, -0.2) is 113 Å². The van der Waals surface area contributed by atoms with Crippen molar-refractivity contribution in [2.24, 2.45) is 21.7 Å². The fourth-order valence-electron chi connectivity index (χ4n) is 9.85. The van der Waals surface area contributed by atoms with Crippen molar-refractivity contribution in [3.05, 3.63) is 76.3 Å². The van der Waals surface area contributed by atoms with Crippen molar-refractivity contribution in [1.29, 1.82) is 0 Å². The molecule has 7 rings (SSSR count). The lowest BCUT2D eigenvalue weighted by atomic mass is 9.49. The zero-order valence-electron chi connectivity index (χ0n) is 34.7. The van der Waals surface area contributed by atoms with E-state index in [2.05, 4.69) is 59.5 Å². The molecule has 6 aliphatic rings. The number of benzene rings is 1. The van der Waals surface area contributed by atoms with Crippen LogP contribution in [0.4, 0.5) is 0 Å². The van der Waals surface area contributed by atoms with Crippen molar-refractivity contribution < 1.29 is 29.0 Å². The summed E-state index contributed by atoms with van der Waals surface area (Å²) in [4.78, 5) is 50.0. The molecule has 1 aromatic carbocycles. The highest BCUT2D eigenvalue weighted by Crippen LogP contribution is 2.55. The van der Waals surface area contributed by atoms with Crippen molar-refractivity contribution in [1.82, 2.24) is 30.7 Å². The fraction of sp³-hybridized carbons (Fsp3) is 0.591. The Labute approximate surface area is 347 Å². The molecule has 13 nitrogen and oxygen atoms in total. The number of dihydropyridines is 1. The minimum absolute atomic E-state index is 0.0486. The second kappa shape index (κ2) is 17.2. The van der Waals surface area contributed by atoms with E-state index in [1.165, 1.54) is 0 Å². The summed E-state index contributed by atoms with van der Waals surface area (Å²) in [6.45, 7) is 17.7. The SMILES string of the molecule is CC1=NC2=C(OCCCCCN3CCN(C4C=CC(C(=O)NC5C(C)(C)C(Oc6ccc(C)c(Cl)c6)C5(C)C)=CN4)CC3)C=CCC2C(=O)N1C1CCC(=O)NC1O. The average Bonchev–Trinajstić information content (AvgIpc) is 3.19. The number of halogens is 1. The highest BCUT2D eigenvalue weighted by atomic mass is 35.5. The van der Waals surface area contributed by atoms with E-state index >= 15 is 0 Å². The first-order valence-corrected chi connectivity index (χ1v) is 21.3. The number of aryl methyl sites for hydroxylation is 1. The quantitative estimate of drug-likeness (QED) is 0.207. The van der Waals surface area contributed by atoms with Crippen molar-refractivity contribution >= 4 is 35.2 Å². The molecule has 14 heteroatoms. The number of unbranched alkanes of at least 4 members (excludes halogenated alkanes) is 2. The minimum atomic E-state index is -1.11. The number of carbonyl (C=O) groups is 3. The average molecular weight is 818 g/mol. The number of aliphatic hydroxyl groups excluding tert-OH is 1. The third-order valence-electron chi connectivity index (χ3n) is 12.9. The predicted molar refractivity (Wildman–Crippen MR) is 223 cm³/mol. The maximum Gasteiger partial charge on any atom is 0.252 e. The van der Waals surface area contributed by atoms with E-state index in [0.29, 0.717) is 47.3 Å². The smallest absolute Gasteiger partial charge is 0.252 e. The van der Waals surface area contributed by atoms with Gasteiger partial charge in [0.25, 0.3) is 5.91 Å². The molecule has 2 saturated heterocycles. The molecular weight excluding hydrogens is 758 g/mol. The third kappa shape index (κ3) is 8.59. The first kappa shape index (κ1) is 42.0. The molecule has 0 aromatic heterocycles. The number of aliphatic hydroxyl groups is 1. The van der Waals surface area contributed by atoms with Gasteiger partial charge >= 0.3 is 0 Å². The molecule has 4 atom stereocenters. The van der Waals surface area contributed by atoms with Crippen LogP contribution in [0.1, 0.15) is 78.7 Å². The van der Waals surface area contributed by atoms with Crippen LogP contribution in [0.15, 0.2) is 70.7 Å². The Kier molecular flexibility index (Phi) is 12.4. The zero-order valence-corrected chi connectivity index (χ0v) is 35.5. The molecule has 4 N–H and O–H groups in total. The predicted octanol–water partition coefficient (Wildman–Crippen LogP) is 4.77. The molecule has 1 aromatic rings. The number of allylic oxidation sites excluding steroid dienone is 2. The van der Waals surface area contributed by atoms with Crippen LogP contribution in [0.5, 0.6) is 5.75 Å². The molecule has 3 amide bonds. The van der Waals surface area contributed by atoms with Gasteiger partial charge in [-0.25, -0.2) is 4.99 Å². The van der Waals surface area contributed by atoms with Crippen LogP contribution in [0.25, 0.3) is 0 Å². The van der Waals surface area contributed by atoms with Crippen LogP contribution >= 0.6 is 11.6 Å². The molecule has 3 fully saturated rings. The second-order valence-corrected chi connectivity index (χ2v) is 18.1. The largest absolute Gasteiger partial charge is 0.492 e. The number of hydrogen-bond acceptors (Lipinski definition) is 10. The molecular formula is C44H60ClN7O6. The van der Waals surface area contributed by atoms with Gasteiger partial charge in [-0.05, 0) is 88.4 Å². The third-order valence-corrected chi connectivity index (χ3v) is 13.3. The molecule has 4 aliphatic heterocycles. The fourth-order valence-corrected chi connectivity index (χ4v) is 10.0. The molecule has 0 spiro atoms. The van der Waals surface area contributed by atoms with Gasteiger partial charge in [-0.3, -0.25) is 24.2 Å². The van der Waals surface area contributed by atoms with E-state index in [0.717, 1.165) is 63.3 Å². The van der Waals surface area contributed by atoms with Gasteiger partial charge in [-0.1, -0.05) is 51.4 Å². The second-order valence-electron chi connectivity index (χ2n) is 17.7. The van der Waals surface area contributed by atoms with Crippen molar-refractivity contribution in [2.75, 3.05) is 39.3 Å². The monoisotopic (exact) mass is 817 g/mol. The standard InChI is InChI=1S/C44H60ClN7O6/c1-27-13-15-30(25-32(27)45)58-42-43(3,4)41(44(42,5)6)49-38(54)29-14-17-35(46-26-29)51-22-20-50(21-23-51)19-8-7-9-24-57-34-12-10-11-31-37(34)47-28(2)52(40(31)56)33-16-18-36(53)48-39(33)55/h10,12-15,17,25-26,31,33,35,39,41-42,46,55H,7-9,11,16,18-24H2,1-6H3,(H,48,53)(H,49,54). The molecule has 314 valence electrons. The number of piperazine rings is 1. The summed E-state index contributed by atoms with van der Waals surface area (Å²) in [7, 11) is 0. The maximum absolute atomic E-state index is 13.6. The van der Waals surface area contributed by atoms with Crippen LogP contribution in [-0.2, 0) is 19.1 Å². The van der Waals surface area contributed by atoms with Gasteiger partial charge in [0.05, 0.1) is 36.0 Å². The van der Waals surface area contributed by atoms with E-state index in [-0.39, 0.29) is 53.3 Å². The first-order chi connectivity index (χ1) is 27.6. The van der Waals surface area contributed by atoms with Gasteiger partial charge in [0.15, 0.2) is 0 Å². The number of amidine groups is 1. The van der Waals surface area contributed by atoms with Crippen molar-refractivity contribution in [3.8, 4) is 5.75 Å². The summed E-state index contributed by atoms with van der Waals surface area (Å²) in [5.74, 6) is 1.01. The highest BCUT2D eigenvalue weighted by Gasteiger charge is 2.64. The molecule has 4 heterocycles. The Morgan fingerprint density at radius 2 is 1.81 bits per heavy atom. The molecule has 2 aliphatic carbocycles. The molecule has 58 heavy (non-hydrogen) atoms. The molecule has 0 bridgehead atoms. The Morgan fingerprint density at radius 1 is 1.05 bits per heavy atom. The number of nitrogens with zero attached hydrogens (tertiary/aromatic N) is 4. The van der Waals surface area contributed by atoms with E-state index in [4.69, 9.17) is 26.1 Å². The summed E-state index contributed by atoms with van der Waals surface area (Å²) in [5, 5.41) is 20.5. The number of hydrogen-bond donors (Lipinski definition) is 4. The zero-order chi connectivity index (χ0) is 41.4. The number of ether oxygens (including phenoxy) is 2. The lowest BCUT2D eigenvalue weighted by Crippen LogP contribution is -2.74. The Morgan fingerprint density at radius 3 is 2.50 bits per heavy atom. The minimum Gasteiger partial charge on any atom is -0.492 e. The van der Waals surface area contributed by atoms with E-state index in [1.807, 2.05) is 49.6 Å². The topological polar surface area (TPSA) is 148 Å².